The van der Waals surface area contributed by atoms with E-state index in [1.165, 1.54) is 29.0 Å². The van der Waals surface area contributed by atoms with Gasteiger partial charge in [-0.15, -0.1) is 0 Å². The van der Waals surface area contributed by atoms with Gasteiger partial charge in [0.2, 0.25) is 0 Å². The fourth-order valence-corrected chi connectivity index (χ4v) is 5.12. The number of rotatable bonds is 5. The molecule has 2 aliphatic heterocycles. The maximum atomic E-state index is 14.1. The minimum Gasteiger partial charge on any atom is -0.383 e. The molecule has 0 bridgehead atoms. The third kappa shape index (κ3) is 4.70. The molecule has 12 heteroatoms. The van der Waals surface area contributed by atoms with Gasteiger partial charge in [0, 0.05) is 24.1 Å². The second-order valence-electron chi connectivity index (χ2n) is 7.51. The summed E-state index contributed by atoms with van der Waals surface area (Å²) >= 11 is 0. The Labute approximate surface area is 176 Å². The summed E-state index contributed by atoms with van der Waals surface area (Å²) in [5.41, 5.74) is 4.93. The Hall–Kier alpha value is -2.17. The molecule has 4 rings (SSSR count). The molecule has 1 aromatic carbocycles. The average molecular weight is 457 g/mol. The van der Waals surface area contributed by atoms with Gasteiger partial charge in [0.25, 0.3) is 0 Å². The van der Waals surface area contributed by atoms with Crippen LogP contribution in [0.4, 0.5) is 14.6 Å². The van der Waals surface area contributed by atoms with Crippen LogP contribution in [0, 0.1) is 17.6 Å². The molecule has 2 saturated heterocycles. The largest absolute Gasteiger partial charge is 0.475 e. The van der Waals surface area contributed by atoms with E-state index >= 15 is 0 Å². The zero-order chi connectivity index (χ0) is 22.2. The zero-order valence-electron chi connectivity index (χ0n) is 16.6. The number of phosphoric ester groups is 1. The fraction of sp³-hybridized carbons (Fsp3) is 0.474. The van der Waals surface area contributed by atoms with E-state index < -0.39 is 43.6 Å². The first-order valence-corrected chi connectivity index (χ1v) is 11.2. The number of nitrogen functional groups attached to an aromatic ring is 1. The lowest BCUT2D eigenvalue weighted by atomic mass is 10.1. The van der Waals surface area contributed by atoms with E-state index in [-0.39, 0.29) is 36.9 Å². The monoisotopic (exact) mass is 457 g/mol. The van der Waals surface area contributed by atoms with E-state index in [0.29, 0.717) is 6.42 Å². The summed E-state index contributed by atoms with van der Waals surface area (Å²) in [7, 11) is -4.02. The number of phosphoric acid groups is 1. The minimum absolute atomic E-state index is 0.00501. The minimum atomic E-state index is -4.02. The topological polar surface area (TPSA) is 115 Å². The van der Waals surface area contributed by atoms with Gasteiger partial charge in [0.05, 0.1) is 25.4 Å². The summed E-state index contributed by atoms with van der Waals surface area (Å²) < 4.78 is 63.7. The van der Waals surface area contributed by atoms with Crippen LogP contribution in [0.2, 0.25) is 0 Å². The SMILES string of the molecule is C[C@H]1C[C@@H](COP2(=O)OCCC(c3cccc(F)c3F)O2)O[C@H]1n1ccc(N)nc1=O. The quantitative estimate of drug-likeness (QED) is 0.680. The standard InChI is InChI=1S/C19H22F2N3O6P/c1-11-9-12(29-18(11)24-7-5-16(22)23-19(24)25)10-28-31(26)27-8-6-15(30-31)13-3-2-4-14(20)17(13)21/h2-5,7,11-12,15,18H,6,8-10H2,1H3,(H2,22,23,25)/t11-,12-,15?,18+,31?/m0/s1. The molecule has 0 amide bonds. The summed E-state index contributed by atoms with van der Waals surface area (Å²) in [6.07, 6.45) is 0.170. The highest BCUT2D eigenvalue weighted by atomic mass is 31.2. The van der Waals surface area contributed by atoms with Gasteiger partial charge in [-0.25, -0.2) is 18.1 Å². The summed E-state index contributed by atoms with van der Waals surface area (Å²) in [6.45, 7) is 1.76. The van der Waals surface area contributed by atoms with Gasteiger partial charge in [-0.3, -0.25) is 18.1 Å². The normalized spacial score (nSPS) is 31.1. The number of benzene rings is 1. The van der Waals surface area contributed by atoms with Crippen LogP contribution in [0.3, 0.4) is 0 Å². The van der Waals surface area contributed by atoms with E-state index in [4.69, 9.17) is 24.0 Å². The molecule has 2 unspecified atom stereocenters. The van der Waals surface area contributed by atoms with Crippen molar-refractivity contribution in [3.63, 3.8) is 0 Å². The van der Waals surface area contributed by atoms with Gasteiger partial charge in [0.15, 0.2) is 11.6 Å². The fourth-order valence-electron chi connectivity index (χ4n) is 3.72. The molecule has 31 heavy (non-hydrogen) atoms. The second kappa shape index (κ2) is 8.76. The first-order valence-electron chi connectivity index (χ1n) is 9.77. The highest BCUT2D eigenvalue weighted by Crippen LogP contribution is 2.57. The Morgan fingerprint density at radius 2 is 2.16 bits per heavy atom. The lowest BCUT2D eigenvalue weighted by molar-refractivity contribution is -0.0434. The number of aromatic nitrogens is 2. The van der Waals surface area contributed by atoms with Crippen LogP contribution in [0.15, 0.2) is 35.3 Å². The van der Waals surface area contributed by atoms with Crippen LogP contribution in [-0.4, -0.2) is 28.9 Å². The van der Waals surface area contributed by atoms with Crippen molar-refractivity contribution in [3.05, 3.63) is 58.1 Å². The van der Waals surface area contributed by atoms with Gasteiger partial charge in [-0.2, -0.15) is 4.98 Å². The van der Waals surface area contributed by atoms with Crippen molar-refractivity contribution >= 4 is 13.6 Å². The van der Waals surface area contributed by atoms with E-state index in [2.05, 4.69) is 4.98 Å². The van der Waals surface area contributed by atoms with Crippen molar-refractivity contribution < 1.29 is 31.7 Å². The smallest absolute Gasteiger partial charge is 0.383 e. The molecule has 0 radical (unpaired) electrons. The summed E-state index contributed by atoms with van der Waals surface area (Å²) in [4.78, 5) is 15.8. The Bertz CT molecular complexity index is 1070. The zero-order valence-corrected chi connectivity index (χ0v) is 17.5. The highest BCUT2D eigenvalue weighted by Gasteiger charge is 2.40. The Kier molecular flexibility index (Phi) is 6.23. The van der Waals surface area contributed by atoms with Crippen molar-refractivity contribution in [2.75, 3.05) is 18.9 Å². The molecule has 3 heterocycles. The van der Waals surface area contributed by atoms with Crippen molar-refractivity contribution in [1.29, 1.82) is 0 Å². The molecule has 2 aromatic rings. The molecule has 2 N–H and O–H groups in total. The van der Waals surface area contributed by atoms with Gasteiger partial charge in [-0.1, -0.05) is 19.1 Å². The van der Waals surface area contributed by atoms with Gasteiger partial charge < -0.3 is 10.5 Å². The number of ether oxygens (including phenoxy) is 1. The van der Waals surface area contributed by atoms with Crippen LogP contribution in [0.1, 0.15) is 37.7 Å². The number of hydrogen-bond donors (Lipinski definition) is 1. The van der Waals surface area contributed by atoms with Crippen LogP contribution in [0.5, 0.6) is 0 Å². The average Bonchev–Trinajstić information content (AvgIpc) is 3.09. The van der Waals surface area contributed by atoms with Gasteiger partial charge >= 0.3 is 13.5 Å². The molecular formula is C19H22F2N3O6P. The van der Waals surface area contributed by atoms with Crippen LogP contribution >= 0.6 is 7.82 Å². The lowest BCUT2D eigenvalue weighted by Crippen LogP contribution is -2.29. The second-order valence-corrected chi connectivity index (χ2v) is 9.13. The molecule has 0 saturated carbocycles. The third-order valence-corrected chi connectivity index (χ3v) is 6.69. The number of halogens is 2. The predicted octanol–water partition coefficient (Wildman–Crippen LogP) is 3.33. The van der Waals surface area contributed by atoms with E-state index in [1.807, 2.05) is 6.92 Å². The summed E-state index contributed by atoms with van der Waals surface area (Å²) in [6, 6.07) is 5.20. The highest BCUT2D eigenvalue weighted by molar-refractivity contribution is 7.48. The molecule has 0 aliphatic carbocycles. The maximum absolute atomic E-state index is 14.1. The van der Waals surface area contributed by atoms with Crippen LogP contribution in [0.25, 0.3) is 0 Å². The van der Waals surface area contributed by atoms with Crippen LogP contribution in [-0.2, 0) is 22.9 Å². The number of nitrogens with zero attached hydrogens (tertiary/aromatic N) is 2. The van der Waals surface area contributed by atoms with Crippen molar-refractivity contribution in [3.8, 4) is 0 Å². The summed E-state index contributed by atoms with van der Waals surface area (Å²) in [5.74, 6) is -2.02. The van der Waals surface area contributed by atoms with Crippen molar-refractivity contribution in [2.24, 2.45) is 5.92 Å². The molecular weight excluding hydrogens is 435 g/mol. The summed E-state index contributed by atoms with van der Waals surface area (Å²) in [5, 5.41) is 0. The molecule has 1 aromatic heterocycles. The predicted molar refractivity (Wildman–Crippen MR) is 105 cm³/mol. The Morgan fingerprint density at radius 1 is 1.35 bits per heavy atom. The molecule has 2 aliphatic rings. The van der Waals surface area contributed by atoms with E-state index in [1.54, 1.807) is 0 Å². The van der Waals surface area contributed by atoms with Gasteiger partial charge in [0.1, 0.15) is 12.0 Å². The third-order valence-electron chi connectivity index (χ3n) is 5.21. The molecule has 0 spiro atoms. The number of hydrogen-bond acceptors (Lipinski definition) is 8. The van der Waals surface area contributed by atoms with Crippen molar-refractivity contribution in [2.45, 2.75) is 38.2 Å². The molecule has 5 atom stereocenters. The maximum Gasteiger partial charge on any atom is 0.475 e. The van der Waals surface area contributed by atoms with Crippen LogP contribution < -0.4 is 11.4 Å². The van der Waals surface area contributed by atoms with E-state index in [0.717, 1.165) is 6.07 Å². The number of nitrogens with two attached hydrogens (primary N) is 1. The Morgan fingerprint density at radius 3 is 2.94 bits per heavy atom. The first-order chi connectivity index (χ1) is 14.8. The van der Waals surface area contributed by atoms with E-state index in [9.17, 15) is 18.1 Å². The molecule has 9 nitrogen and oxygen atoms in total. The van der Waals surface area contributed by atoms with Gasteiger partial charge in [-0.05, 0) is 18.6 Å². The number of anilines is 1. The first kappa shape index (κ1) is 22.0. The Balaban J connectivity index is 1.40. The lowest BCUT2D eigenvalue weighted by Gasteiger charge is -2.29. The molecule has 2 fully saturated rings. The molecule has 168 valence electrons. The van der Waals surface area contributed by atoms with Crippen molar-refractivity contribution in [1.82, 2.24) is 9.55 Å².